The van der Waals surface area contributed by atoms with Crippen LogP contribution in [0.25, 0.3) is 16.3 Å². The minimum atomic E-state index is 0.788. The molecule has 1 nitrogen and oxygen atoms in total. The average molecular weight is 365 g/mol. The van der Waals surface area contributed by atoms with Crippen LogP contribution in [0, 0.1) is 5.92 Å². The van der Waals surface area contributed by atoms with Crippen molar-refractivity contribution in [2.45, 2.75) is 78.1 Å². The number of hydrogen-bond donors (Lipinski definition) is 0. The van der Waals surface area contributed by atoms with Gasteiger partial charge in [-0.25, -0.2) is 0 Å². The van der Waals surface area contributed by atoms with E-state index in [0.717, 1.165) is 24.7 Å². The fourth-order valence-corrected chi connectivity index (χ4v) is 4.18. The number of benzene rings is 2. The standard InChI is InChI=1S/C26H36O/c1-3-5-6-7-8-9-21-10-12-22(13-11-21)23-14-15-25-20-26(27-18-4-2)17-16-24(25)19-23/h12,14-17,19-21H,3-11,13,18H2,1-2H3. The van der Waals surface area contributed by atoms with Gasteiger partial charge in [0.25, 0.3) is 0 Å². The SMILES string of the molecule is CCCCCCCC1CC=C(c2ccc3cc(OCCC)ccc3c2)CC1. The van der Waals surface area contributed by atoms with Gasteiger partial charge in [-0.1, -0.05) is 76.6 Å². The zero-order chi connectivity index (χ0) is 18.9. The predicted octanol–water partition coefficient (Wildman–Crippen LogP) is 8.17. The number of fused-ring (bicyclic) bond motifs is 1. The summed E-state index contributed by atoms with van der Waals surface area (Å²) in [6, 6.07) is 13.4. The molecule has 2 aromatic carbocycles. The molecule has 146 valence electrons. The molecule has 0 amide bonds. The maximum atomic E-state index is 5.76. The van der Waals surface area contributed by atoms with Gasteiger partial charge in [-0.05, 0) is 71.7 Å². The molecular weight excluding hydrogens is 328 g/mol. The first-order valence-corrected chi connectivity index (χ1v) is 11.2. The molecule has 1 unspecified atom stereocenters. The third-order valence-electron chi connectivity index (χ3n) is 5.89. The van der Waals surface area contributed by atoms with Gasteiger partial charge >= 0.3 is 0 Å². The van der Waals surface area contributed by atoms with Crippen LogP contribution in [0.15, 0.2) is 42.5 Å². The van der Waals surface area contributed by atoms with Crippen LogP contribution < -0.4 is 4.74 Å². The van der Waals surface area contributed by atoms with Crippen molar-refractivity contribution in [3.05, 3.63) is 48.0 Å². The monoisotopic (exact) mass is 364 g/mol. The summed E-state index contributed by atoms with van der Waals surface area (Å²) in [5, 5.41) is 2.59. The Kier molecular flexibility index (Phi) is 7.80. The van der Waals surface area contributed by atoms with E-state index in [2.05, 4.69) is 56.3 Å². The molecule has 0 aromatic heterocycles. The summed E-state index contributed by atoms with van der Waals surface area (Å²) in [7, 11) is 0. The summed E-state index contributed by atoms with van der Waals surface area (Å²) in [6.45, 7) is 5.22. The molecule has 0 aliphatic heterocycles. The largest absolute Gasteiger partial charge is 0.494 e. The van der Waals surface area contributed by atoms with E-state index in [1.165, 1.54) is 74.1 Å². The maximum Gasteiger partial charge on any atom is 0.119 e. The minimum absolute atomic E-state index is 0.788. The highest BCUT2D eigenvalue weighted by molar-refractivity contribution is 5.87. The van der Waals surface area contributed by atoms with Crippen molar-refractivity contribution in [2.75, 3.05) is 6.61 Å². The summed E-state index contributed by atoms with van der Waals surface area (Å²) < 4.78 is 5.76. The van der Waals surface area contributed by atoms with Gasteiger partial charge in [0.05, 0.1) is 6.61 Å². The van der Waals surface area contributed by atoms with E-state index in [1.807, 2.05) is 0 Å². The number of rotatable bonds is 10. The Morgan fingerprint density at radius 2 is 1.70 bits per heavy atom. The Balaban J connectivity index is 1.57. The molecular formula is C26H36O. The van der Waals surface area contributed by atoms with Gasteiger partial charge in [-0.2, -0.15) is 0 Å². The topological polar surface area (TPSA) is 9.23 Å². The van der Waals surface area contributed by atoms with Gasteiger partial charge in [-0.3, -0.25) is 0 Å². The Morgan fingerprint density at radius 3 is 2.48 bits per heavy atom. The lowest BCUT2D eigenvalue weighted by Crippen LogP contribution is -2.05. The molecule has 0 radical (unpaired) electrons. The van der Waals surface area contributed by atoms with Crippen molar-refractivity contribution < 1.29 is 4.74 Å². The number of allylic oxidation sites excluding steroid dienone is 2. The summed E-state index contributed by atoms with van der Waals surface area (Å²) in [5.74, 6) is 1.89. The molecule has 3 rings (SSSR count). The summed E-state index contributed by atoms with van der Waals surface area (Å²) in [4.78, 5) is 0. The van der Waals surface area contributed by atoms with E-state index in [1.54, 1.807) is 5.57 Å². The van der Waals surface area contributed by atoms with E-state index in [0.29, 0.717) is 0 Å². The maximum absolute atomic E-state index is 5.76. The molecule has 1 aliphatic carbocycles. The zero-order valence-corrected chi connectivity index (χ0v) is 17.3. The van der Waals surface area contributed by atoms with Gasteiger partial charge in [0.1, 0.15) is 5.75 Å². The van der Waals surface area contributed by atoms with Crippen molar-refractivity contribution in [1.82, 2.24) is 0 Å². The van der Waals surface area contributed by atoms with Gasteiger partial charge < -0.3 is 4.74 Å². The Labute approximate surface area is 165 Å². The van der Waals surface area contributed by atoms with Crippen molar-refractivity contribution >= 4 is 16.3 Å². The van der Waals surface area contributed by atoms with E-state index < -0.39 is 0 Å². The second kappa shape index (κ2) is 10.5. The molecule has 1 atom stereocenters. The molecule has 0 saturated carbocycles. The third kappa shape index (κ3) is 5.86. The predicted molar refractivity (Wildman–Crippen MR) is 118 cm³/mol. The highest BCUT2D eigenvalue weighted by Crippen LogP contribution is 2.34. The summed E-state index contributed by atoms with van der Waals surface area (Å²) in [5.41, 5.74) is 2.96. The lowest BCUT2D eigenvalue weighted by molar-refractivity contribution is 0.318. The van der Waals surface area contributed by atoms with E-state index in [4.69, 9.17) is 4.74 Å². The molecule has 0 fully saturated rings. The summed E-state index contributed by atoms with van der Waals surface area (Å²) >= 11 is 0. The van der Waals surface area contributed by atoms with Crippen molar-refractivity contribution in [1.29, 1.82) is 0 Å². The van der Waals surface area contributed by atoms with Gasteiger partial charge in [-0.15, -0.1) is 0 Å². The average Bonchev–Trinajstić information content (AvgIpc) is 2.72. The molecule has 2 aromatic rings. The molecule has 0 saturated heterocycles. The van der Waals surface area contributed by atoms with E-state index in [-0.39, 0.29) is 0 Å². The number of ether oxygens (including phenoxy) is 1. The smallest absolute Gasteiger partial charge is 0.119 e. The highest BCUT2D eigenvalue weighted by atomic mass is 16.5. The Bertz CT molecular complexity index is 743. The van der Waals surface area contributed by atoms with Crippen LogP contribution in [0.1, 0.15) is 83.6 Å². The lowest BCUT2D eigenvalue weighted by atomic mass is 9.83. The van der Waals surface area contributed by atoms with Crippen LogP contribution in [-0.2, 0) is 0 Å². The fourth-order valence-electron chi connectivity index (χ4n) is 4.18. The van der Waals surface area contributed by atoms with Gasteiger partial charge in [0.15, 0.2) is 0 Å². The van der Waals surface area contributed by atoms with Crippen molar-refractivity contribution in [3.8, 4) is 5.75 Å². The van der Waals surface area contributed by atoms with Crippen LogP contribution in [0.3, 0.4) is 0 Å². The van der Waals surface area contributed by atoms with Gasteiger partial charge in [0, 0.05) is 0 Å². The molecule has 0 bridgehead atoms. The zero-order valence-electron chi connectivity index (χ0n) is 17.3. The molecule has 1 aliphatic rings. The van der Waals surface area contributed by atoms with E-state index in [9.17, 15) is 0 Å². The first-order valence-electron chi connectivity index (χ1n) is 11.2. The van der Waals surface area contributed by atoms with Crippen LogP contribution in [0.2, 0.25) is 0 Å². The second-order valence-corrected chi connectivity index (χ2v) is 8.14. The van der Waals surface area contributed by atoms with Gasteiger partial charge in [0.2, 0.25) is 0 Å². The summed E-state index contributed by atoms with van der Waals surface area (Å²) in [6.07, 6.45) is 15.9. The lowest BCUT2D eigenvalue weighted by Gasteiger charge is -2.22. The Hall–Kier alpha value is -1.76. The number of hydrogen-bond acceptors (Lipinski definition) is 1. The first kappa shape index (κ1) is 20.0. The van der Waals surface area contributed by atoms with Crippen molar-refractivity contribution in [2.24, 2.45) is 5.92 Å². The minimum Gasteiger partial charge on any atom is -0.494 e. The second-order valence-electron chi connectivity index (χ2n) is 8.14. The quantitative estimate of drug-likeness (QED) is 0.386. The molecule has 0 N–H and O–H groups in total. The molecule has 0 spiro atoms. The van der Waals surface area contributed by atoms with Crippen LogP contribution in [0.5, 0.6) is 5.75 Å². The molecule has 0 heterocycles. The molecule has 1 heteroatoms. The van der Waals surface area contributed by atoms with Crippen molar-refractivity contribution in [3.63, 3.8) is 0 Å². The highest BCUT2D eigenvalue weighted by Gasteiger charge is 2.15. The normalized spacial score (nSPS) is 17.1. The van der Waals surface area contributed by atoms with Crippen LogP contribution in [-0.4, -0.2) is 6.61 Å². The Morgan fingerprint density at radius 1 is 0.889 bits per heavy atom. The van der Waals surface area contributed by atoms with E-state index >= 15 is 0 Å². The number of unbranched alkanes of at least 4 members (excludes halogenated alkanes) is 4. The molecule has 27 heavy (non-hydrogen) atoms. The van der Waals surface area contributed by atoms with Crippen LogP contribution >= 0.6 is 0 Å². The third-order valence-corrected chi connectivity index (χ3v) is 5.89. The first-order chi connectivity index (χ1) is 13.3. The fraction of sp³-hybridized carbons (Fsp3) is 0.538. The van der Waals surface area contributed by atoms with Crippen LogP contribution in [0.4, 0.5) is 0 Å².